The first-order valence-electron chi connectivity index (χ1n) is 13.0. The Hall–Kier alpha value is -4.54. The van der Waals surface area contributed by atoms with Gasteiger partial charge in [0.05, 0.1) is 30.2 Å². The predicted octanol–water partition coefficient (Wildman–Crippen LogP) is 7.19. The number of hydrogen-bond donors (Lipinski definition) is 2. The van der Waals surface area contributed by atoms with Gasteiger partial charge in [0.1, 0.15) is 19.6 Å². The molecule has 0 saturated carbocycles. The number of carbonyl (C=O) groups excluding carboxylic acids is 3. The summed E-state index contributed by atoms with van der Waals surface area (Å²) < 4.78 is 10.4. The van der Waals surface area contributed by atoms with Crippen molar-refractivity contribution in [1.29, 1.82) is 0 Å². The number of hydrogen-bond acceptors (Lipinski definition) is 9. The Morgan fingerprint density at radius 2 is 1.46 bits per heavy atom. The fourth-order valence-corrected chi connectivity index (χ4v) is 6.59. The summed E-state index contributed by atoms with van der Waals surface area (Å²) in [7, 11) is 0. The second-order valence-corrected chi connectivity index (χ2v) is 11.0. The van der Waals surface area contributed by atoms with Gasteiger partial charge in [-0.25, -0.2) is 14.6 Å². The molecular weight excluding hydrogens is 558 g/mol. The fourth-order valence-electron chi connectivity index (χ4n) is 4.49. The first-order valence-corrected chi connectivity index (χ1v) is 14.6. The Labute approximate surface area is 244 Å². The van der Waals surface area contributed by atoms with E-state index in [9.17, 15) is 14.4 Å². The highest BCUT2D eigenvalue weighted by Crippen LogP contribution is 2.42. The summed E-state index contributed by atoms with van der Waals surface area (Å²) >= 11 is 2.13. The van der Waals surface area contributed by atoms with E-state index in [0.29, 0.717) is 15.8 Å². The number of nitrogens with two attached hydrogens (primary N) is 1. The smallest absolute Gasteiger partial charge is 0.348 e. The molecule has 0 radical (unpaired) electrons. The molecule has 3 heterocycles. The third kappa shape index (κ3) is 5.44. The number of thiophene rings is 2. The number of fused-ring (bicyclic) bond motifs is 1. The molecule has 41 heavy (non-hydrogen) atoms. The largest absolute Gasteiger partial charge is 0.462 e. The number of nitrogens with one attached hydrogen (secondary N) is 1. The Morgan fingerprint density at radius 1 is 0.854 bits per heavy atom. The minimum absolute atomic E-state index is 0.113. The van der Waals surface area contributed by atoms with Crippen molar-refractivity contribution in [3.05, 3.63) is 87.6 Å². The molecule has 5 aromatic rings. The van der Waals surface area contributed by atoms with E-state index in [-0.39, 0.29) is 39.2 Å². The Balaban J connectivity index is 1.62. The van der Waals surface area contributed by atoms with Crippen LogP contribution in [0.15, 0.2) is 66.7 Å². The molecule has 2 aromatic carbocycles. The van der Waals surface area contributed by atoms with E-state index in [1.54, 1.807) is 20.8 Å². The molecular formula is C31H27N3O5S2. The minimum Gasteiger partial charge on any atom is -0.462 e. The fraction of sp³-hybridized carbons (Fsp3) is 0.161. The molecule has 1 amide bonds. The number of esters is 2. The lowest BCUT2D eigenvalue weighted by Crippen LogP contribution is -2.15. The molecule has 0 aliphatic heterocycles. The summed E-state index contributed by atoms with van der Waals surface area (Å²) in [6.45, 7) is 5.31. The highest BCUT2D eigenvalue weighted by Gasteiger charge is 2.29. The first kappa shape index (κ1) is 28.0. The van der Waals surface area contributed by atoms with Gasteiger partial charge in [-0.2, -0.15) is 0 Å². The van der Waals surface area contributed by atoms with E-state index in [4.69, 9.17) is 20.2 Å². The lowest BCUT2D eigenvalue weighted by atomic mass is 9.99. The van der Waals surface area contributed by atoms with Crippen LogP contribution in [0.4, 0.5) is 10.7 Å². The lowest BCUT2D eigenvalue weighted by molar-refractivity contribution is 0.0527. The summed E-state index contributed by atoms with van der Waals surface area (Å²) in [5.41, 5.74) is 10.9. The molecule has 0 atom stereocenters. The van der Waals surface area contributed by atoms with Gasteiger partial charge in [0.15, 0.2) is 0 Å². The second-order valence-electron chi connectivity index (χ2n) is 8.97. The van der Waals surface area contributed by atoms with Gasteiger partial charge in [-0.15, -0.1) is 22.7 Å². The zero-order chi connectivity index (χ0) is 29.1. The maximum Gasteiger partial charge on any atom is 0.348 e. The summed E-state index contributed by atoms with van der Waals surface area (Å²) in [4.78, 5) is 45.0. The second kappa shape index (κ2) is 11.9. The topological polar surface area (TPSA) is 121 Å². The standard InChI is InChI=1S/C31H27N3O5S2/c1-4-38-30(36)22-17(3)25(31(37)39-5-2)40-28(22)34-27(35)26-24(32)23-20(18-12-8-6-9-13-18)16-21(33-29(23)41-26)19-14-10-7-11-15-19/h6-16H,4-5,32H2,1-3H3,(H,34,35). The van der Waals surface area contributed by atoms with Crippen LogP contribution in [0.2, 0.25) is 0 Å². The maximum absolute atomic E-state index is 13.7. The third-order valence-corrected chi connectivity index (χ3v) is 8.66. The van der Waals surface area contributed by atoms with Crippen LogP contribution in [0.3, 0.4) is 0 Å². The normalized spacial score (nSPS) is 10.9. The number of anilines is 2. The molecule has 0 spiro atoms. The molecule has 208 valence electrons. The molecule has 8 nitrogen and oxygen atoms in total. The molecule has 0 aliphatic carbocycles. The van der Waals surface area contributed by atoms with Crippen LogP contribution in [-0.4, -0.2) is 36.0 Å². The van der Waals surface area contributed by atoms with Gasteiger partial charge in [-0.3, -0.25) is 4.79 Å². The van der Waals surface area contributed by atoms with Crippen molar-refractivity contribution in [2.45, 2.75) is 20.8 Å². The van der Waals surface area contributed by atoms with Gasteiger partial charge in [-0.05, 0) is 43.5 Å². The van der Waals surface area contributed by atoms with Crippen LogP contribution < -0.4 is 11.1 Å². The molecule has 3 N–H and O–H groups in total. The SMILES string of the molecule is CCOC(=O)c1sc(NC(=O)c2sc3nc(-c4ccccc4)cc(-c4ccccc4)c3c2N)c(C(=O)OCC)c1C. The molecule has 5 rings (SSSR count). The number of aromatic nitrogens is 1. The van der Waals surface area contributed by atoms with Crippen LogP contribution in [0.5, 0.6) is 0 Å². The van der Waals surface area contributed by atoms with Gasteiger partial charge in [0.25, 0.3) is 5.91 Å². The van der Waals surface area contributed by atoms with E-state index in [0.717, 1.165) is 33.7 Å². The van der Waals surface area contributed by atoms with Crippen LogP contribution in [0.25, 0.3) is 32.6 Å². The molecule has 3 aromatic heterocycles. The van der Waals surface area contributed by atoms with Crippen LogP contribution >= 0.6 is 22.7 Å². The number of nitrogens with zero attached hydrogens (tertiary/aromatic N) is 1. The number of rotatable bonds is 8. The van der Waals surface area contributed by atoms with E-state index in [2.05, 4.69) is 5.32 Å². The van der Waals surface area contributed by atoms with Crippen LogP contribution in [0, 0.1) is 6.92 Å². The molecule has 0 fully saturated rings. The van der Waals surface area contributed by atoms with E-state index in [1.165, 1.54) is 11.3 Å². The number of benzene rings is 2. The van der Waals surface area contributed by atoms with Crippen molar-refractivity contribution in [1.82, 2.24) is 4.98 Å². The van der Waals surface area contributed by atoms with Gasteiger partial charge < -0.3 is 20.5 Å². The van der Waals surface area contributed by atoms with Crippen LogP contribution in [0.1, 0.15) is 49.1 Å². The number of ether oxygens (including phenoxy) is 2. The molecule has 0 unspecified atom stereocenters. The first-order chi connectivity index (χ1) is 19.8. The van der Waals surface area contributed by atoms with Gasteiger partial charge >= 0.3 is 11.9 Å². The average molecular weight is 586 g/mol. The van der Waals surface area contributed by atoms with E-state index in [1.807, 2.05) is 66.7 Å². The minimum atomic E-state index is -0.642. The van der Waals surface area contributed by atoms with E-state index < -0.39 is 17.8 Å². The zero-order valence-electron chi connectivity index (χ0n) is 22.6. The number of nitrogen functional groups attached to an aromatic ring is 1. The molecule has 0 saturated heterocycles. The van der Waals surface area contributed by atoms with Crippen molar-refractivity contribution in [2.75, 3.05) is 24.3 Å². The number of carbonyl (C=O) groups is 3. The van der Waals surface area contributed by atoms with Gasteiger partial charge in [0.2, 0.25) is 0 Å². The zero-order valence-corrected chi connectivity index (χ0v) is 24.3. The van der Waals surface area contributed by atoms with Crippen molar-refractivity contribution in [3.8, 4) is 22.4 Å². The molecule has 0 bridgehead atoms. The van der Waals surface area contributed by atoms with Crippen molar-refractivity contribution in [2.24, 2.45) is 0 Å². The summed E-state index contributed by atoms with van der Waals surface area (Å²) in [5.74, 6) is -1.74. The van der Waals surface area contributed by atoms with Gasteiger partial charge in [-0.1, -0.05) is 60.7 Å². The molecule has 0 aliphatic rings. The maximum atomic E-state index is 13.7. The Bertz CT molecular complexity index is 1760. The lowest BCUT2D eigenvalue weighted by Gasteiger charge is -2.09. The number of pyridine rings is 1. The number of amides is 1. The van der Waals surface area contributed by atoms with Gasteiger partial charge in [0, 0.05) is 10.9 Å². The van der Waals surface area contributed by atoms with Crippen molar-refractivity contribution < 1.29 is 23.9 Å². The molecule has 10 heteroatoms. The Kier molecular flexibility index (Phi) is 8.14. The highest BCUT2D eigenvalue weighted by atomic mass is 32.1. The monoisotopic (exact) mass is 585 g/mol. The predicted molar refractivity (Wildman–Crippen MR) is 164 cm³/mol. The summed E-state index contributed by atoms with van der Waals surface area (Å²) in [6.07, 6.45) is 0. The average Bonchev–Trinajstić information content (AvgIpc) is 3.49. The summed E-state index contributed by atoms with van der Waals surface area (Å²) in [6, 6.07) is 21.5. The third-order valence-electron chi connectivity index (χ3n) is 6.37. The van der Waals surface area contributed by atoms with Crippen molar-refractivity contribution >= 4 is 61.4 Å². The quantitative estimate of drug-likeness (QED) is 0.185. The van der Waals surface area contributed by atoms with Crippen molar-refractivity contribution in [3.63, 3.8) is 0 Å². The Morgan fingerprint density at radius 3 is 2.10 bits per heavy atom. The highest BCUT2D eigenvalue weighted by molar-refractivity contribution is 7.22. The summed E-state index contributed by atoms with van der Waals surface area (Å²) in [5, 5.41) is 3.66. The van der Waals surface area contributed by atoms with E-state index >= 15 is 0 Å². The van der Waals surface area contributed by atoms with Crippen LogP contribution in [-0.2, 0) is 9.47 Å².